The summed E-state index contributed by atoms with van der Waals surface area (Å²) in [6.07, 6.45) is 3.16. The Morgan fingerprint density at radius 3 is 2.33 bits per heavy atom. The van der Waals surface area contributed by atoms with Gasteiger partial charge < -0.3 is 4.74 Å². The number of ether oxygens (including phenoxy) is 1. The van der Waals surface area contributed by atoms with E-state index in [1.54, 1.807) is 7.11 Å². The SMILES string of the molecule is CCCCC(Cl)(C#C[Si](C)(C)C)COC. The third kappa shape index (κ3) is 7.90. The van der Waals surface area contributed by atoms with E-state index in [9.17, 15) is 0 Å². The summed E-state index contributed by atoms with van der Waals surface area (Å²) in [5, 5.41) is 0. The lowest BCUT2D eigenvalue weighted by molar-refractivity contribution is 0.178. The minimum atomic E-state index is -1.34. The number of halogens is 1. The molecule has 0 saturated carbocycles. The first kappa shape index (κ1) is 15.0. The highest BCUT2D eigenvalue weighted by atomic mass is 35.5. The summed E-state index contributed by atoms with van der Waals surface area (Å²) in [5.41, 5.74) is 3.33. The van der Waals surface area contributed by atoms with E-state index in [2.05, 4.69) is 38.0 Å². The van der Waals surface area contributed by atoms with Gasteiger partial charge in [0, 0.05) is 7.11 Å². The Morgan fingerprint density at radius 1 is 1.33 bits per heavy atom. The average Bonchev–Trinajstić information content (AvgIpc) is 2.12. The third-order valence-electron chi connectivity index (χ3n) is 1.96. The molecule has 0 aromatic rings. The maximum absolute atomic E-state index is 6.45. The fourth-order valence-electron chi connectivity index (χ4n) is 1.16. The van der Waals surface area contributed by atoms with Crippen molar-refractivity contribution in [1.82, 2.24) is 0 Å². The Balaban J connectivity index is 4.54. The molecule has 0 aromatic heterocycles. The molecule has 0 amide bonds. The molecule has 88 valence electrons. The first-order chi connectivity index (χ1) is 6.83. The highest BCUT2D eigenvalue weighted by Crippen LogP contribution is 2.22. The van der Waals surface area contributed by atoms with E-state index in [4.69, 9.17) is 16.3 Å². The normalized spacial score (nSPS) is 15.3. The molecule has 3 heteroatoms. The van der Waals surface area contributed by atoms with Crippen molar-refractivity contribution < 1.29 is 4.74 Å². The van der Waals surface area contributed by atoms with Crippen LogP contribution in [0.4, 0.5) is 0 Å². The molecule has 0 aliphatic rings. The summed E-state index contributed by atoms with van der Waals surface area (Å²) < 4.78 is 5.15. The van der Waals surface area contributed by atoms with E-state index >= 15 is 0 Å². The quantitative estimate of drug-likeness (QED) is 0.409. The van der Waals surface area contributed by atoms with Gasteiger partial charge in [0.25, 0.3) is 0 Å². The van der Waals surface area contributed by atoms with E-state index < -0.39 is 12.9 Å². The van der Waals surface area contributed by atoms with Gasteiger partial charge in [0.1, 0.15) is 12.9 Å². The lowest BCUT2D eigenvalue weighted by Crippen LogP contribution is -2.27. The summed E-state index contributed by atoms with van der Waals surface area (Å²) in [6, 6.07) is 0. The molecule has 0 N–H and O–H groups in total. The zero-order valence-electron chi connectivity index (χ0n) is 10.6. The fraction of sp³-hybridized carbons (Fsp3) is 0.833. The molecular formula is C12H23ClOSi. The van der Waals surface area contributed by atoms with Crippen LogP contribution in [0.1, 0.15) is 26.2 Å². The van der Waals surface area contributed by atoms with Gasteiger partial charge in [0.05, 0.1) is 6.61 Å². The molecule has 15 heavy (non-hydrogen) atoms. The summed E-state index contributed by atoms with van der Waals surface area (Å²) in [7, 11) is 0.343. The fourth-order valence-corrected chi connectivity index (χ4v) is 2.14. The van der Waals surface area contributed by atoms with Crippen molar-refractivity contribution >= 4 is 19.7 Å². The van der Waals surface area contributed by atoms with Gasteiger partial charge in [-0.15, -0.1) is 17.1 Å². The van der Waals surface area contributed by atoms with Crippen molar-refractivity contribution in [3.8, 4) is 11.5 Å². The Labute approximate surface area is 101 Å². The monoisotopic (exact) mass is 246 g/mol. The lowest BCUT2D eigenvalue weighted by Gasteiger charge is -2.20. The van der Waals surface area contributed by atoms with Crippen molar-refractivity contribution in [3.05, 3.63) is 0 Å². The first-order valence-corrected chi connectivity index (χ1v) is 9.43. The van der Waals surface area contributed by atoms with Crippen molar-refractivity contribution in [2.45, 2.75) is 50.7 Å². The third-order valence-corrected chi connectivity index (χ3v) is 3.23. The second kappa shape index (κ2) is 6.58. The minimum absolute atomic E-state index is 0.467. The van der Waals surface area contributed by atoms with Gasteiger partial charge in [-0.1, -0.05) is 45.3 Å². The smallest absolute Gasteiger partial charge is 0.129 e. The standard InChI is InChI=1S/C12H23ClOSi/c1-6-7-8-12(13,11-14-2)9-10-15(3,4)5/h6-8,11H2,1-5H3. The van der Waals surface area contributed by atoms with Crippen LogP contribution >= 0.6 is 11.6 Å². The Kier molecular flexibility index (Phi) is 6.59. The number of hydrogen-bond donors (Lipinski definition) is 0. The zero-order chi connectivity index (χ0) is 11.9. The number of alkyl halides is 1. The van der Waals surface area contributed by atoms with E-state index in [1.165, 1.54) is 0 Å². The molecule has 1 unspecified atom stereocenters. The maximum Gasteiger partial charge on any atom is 0.129 e. The number of unbranched alkanes of at least 4 members (excludes halogenated alkanes) is 1. The molecule has 1 atom stereocenters. The Bertz CT molecular complexity index is 236. The number of hydrogen-bond acceptors (Lipinski definition) is 1. The molecule has 0 heterocycles. The molecule has 0 saturated heterocycles. The van der Waals surface area contributed by atoms with Crippen LogP contribution in [0.25, 0.3) is 0 Å². The zero-order valence-corrected chi connectivity index (χ0v) is 12.4. The molecule has 0 aromatic carbocycles. The van der Waals surface area contributed by atoms with E-state index in [0.717, 1.165) is 19.3 Å². The molecule has 0 aliphatic heterocycles. The van der Waals surface area contributed by atoms with Crippen LogP contribution in [-0.4, -0.2) is 26.7 Å². The molecule has 1 nitrogen and oxygen atoms in total. The largest absolute Gasteiger partial charge is 0.382 e. The van der Waals surface area contributed by atoms with E-state index in [0.29, 0.717) is 6.61 Å². The van der Waals surface area contributed by atoms with E-state index in [1.807, 2.05) is 0 Å². The Morgan fingerprint density at radius 2 is 1.93 bits per heavy atom. The van der Waals surface area contributed by atoms with Crippen LogP contribution in [0.2, 0.25) is 19.6 Å². The predicted octanol–water partition coefficient (Wildman–Crippen LogP) is 3.68. The van der Waals surface area contributed by atoms with Crippen LogP contribution < -0.4 is 0 Å². The van der Waals surface area contributed by atoms with Gasteiger partial charge >= 0.3 is 0 Å². The maximum atomic E-state index is 6.45. The van der Waals surface area contributed by atoms with Crippen LogP contribution in [0, 0.1) is 11.5 Å². The summed E-state index contributed by atoms with van der Waals surface area (Å²) in [5.74, 6) is 3.22. The van der Waals surface area contributed by atoms with Crippen molar-refractivity contribution in [3.63, 3.8) is 0 Å². The molecular weight excluding hydrogens is 224 g/mol. The van der Waals surface area contributed by atoms with Gasteiger partial charge in [-0.3, -0.25) is 0 Å². The van der Waals surface area contributed by atoms with Gasteiger partial charge in [-0.2, -0.15) is 0 Å². The van der Waals surface area contributed by atoms with Crippen molar-refractivity contribution in [2.75, 3.05) is 13.7 Å². The summed E-state index contributed by atoms with van der Waals surface area (Å²) in [6.45, 7) is 9.36. The molecule has 0 rings (SSSR count). The van der Waals surface area contributed by atoms with E-state index in [-0.39, 0.29) is 0 Å². The highest BCUT2D eigenvalue weighted by Gasteiger charge is 2.24. The van der Waals surface area contributed by atoms with Crippen LogP contribution in [0.15, 0.2) is 0 Å². The molecule has 0 spiro atoms. The molecule has 0 radical (unpaired) electrons. The topological polar surface area (TPSA) is 9.23 Å². The van der Waals surface area contributed by atoms with Crippen molar-refractivity contribution in [1.29, 1.82) is 0 Å². The molecule has 0 fully saturated rings. The first-order valence-electron chi connectivity index (χ1n) is 5.55. The van der Waals surface area contributed by atoms with Crippen LogP contribution in [-0.2, 0) is 4.74 Å². The van der Waals surface area contributed by atoms with Crippen LogP contribution in [0.3, 0.4) is 0 Å². The Hall–Kier alpha value is 0.0269. The second-order valence-corrected chi connectivity index (χ2v) is 10.5. The molecule has 0 bridgehead atoms. The minimum Gasteiger partial charge on any atom is -0.382 e. The van der Waals surface area contributed by atoms with Crippen molar-refractivity contribution in [2.24, 2.45) is 0 Å². The number of rotatable bonds is 5. The summed E-state index contributed by atoms with van der Waals surface area (Å²) >= 11 is 6.45. The second-order valence-electron chi connectivity index (χ2n) is 5.00. The lowest BCUT2D eigenvalue weighted by atomic mass is 10.0. The average molecular weight is 247 g/mol. The van der Waals surface area contributed by atoms with Gasteiger partial charge in [-0.05, 0) is 6.42 Å². The number of methoxy groups -OCH3 is 1. The van der Waals surface area contributed by atoms with Gasteiger partial charge in [0.2, 0.25) is 0 Å². The predicted molar refractivity (Wildman–Crippen MR) is 71.1 cm³/mol. The molecule has 0 aliphatic carbocycles. The van der Waals surface area contributed by atoms with Gasteiger partial charge in [-0.25, -0.2) is 0 Å². The van der Waals surface area contributed by atoms with Crippen LogP contribution in [0.5, 0.6) is 0 Å². The highest BCUT2D eigenvalue weighted by molar-refractivity contribution is 6.83. The van der Waals surface area contributed by atoms with Gasteiger partial charge in [0.15, 0.2) is 0 Å². The summed E-state index contributed by atoms with van der Waals surface area (Å²) in [4.78, 5) is -0.467.